The van der Waals surface area contributed by atoms with Crippen LogP contribution in [0.25, 0.3) is 0 Å². The van der Waals surface area contributed by atoms with Crippen molar-refractivity contribution < 1.29 is 8.42 Å². The molecule has 102 valence electrons. The van der Waals surface area contributed by atoms with E-state index in [0.717, 1.165) is 10.0 Å². The van der Waals surface area contributed by atoms with Gasteiger partial charge in [-0.1, -0.05) is 15.9 Å². The van der Waals surface area contributed by atoms with Crippen molar-refractivity contribution in [2.75, 3.05) is 12.8 Å². The van der Waals surface area contributed by atoms with Crippen molar-refractivity contribution in [2.24, 2.45) is 0 Å². The maximum atomic E-state index is 12.1. The number of sulfonamides is 1. The Morgan fingerprint density at radius 2 is 2.00 bits per heavy atom. The minimum Gasteiger partial charge on any atom is -0.210 e. The lowest BCUT2D eigenvalue weighted by Gasteiger charge is -2.22. The molecule has 0 saturated carbocycles. The van der Waals surface area contributed by atoms with Gasteiger partial charge < -0.3 is 0 Å². The molecule has 0 bridgehead atoms. The van der Waals surface area contributed by atoms with Crippen molar-refractivity contribution in [3.8, 4) is 0 Å². The number of nitrogens with one attached hydrogen (secondary N) is 1. The van der Waals surface area contributed by atoms with Gasteiger partial charge in [0.25, 0.3) is 0 Å². The molecule has 0 heterocycles. The van der Waals surface area contributed by atoms with Crippen molar-refractivity contribution in [2.45, 2.75) is 30.4 Å². The first-order valence-corrected chi connectivity index (χ1v) is 8.99. The second kappa shape index (κ2) is 5.94. The molecule has 0 aliphatic heterocycles. The highest BCUT2D eigenvalue weighted by molar-refractivity contribution is 9.10. The van der Waals surface area contributed by atoms with Gasteiger partial charge in [0.15, 0.2) is 0 Å². The lowest BCUT2D eigenvalue weighted by atomic mass is 10.2. The maximum Gasteiger partial charge on any atom is 0.240 e. The maximum absolute atomic E-state index is 12.1. The predicted molar refractivity (Wildman–Crippen MR) is 81.7 cm³/mol. The first-order chi connectivity index (χ1) is 8.18. The van der Waals surface area contributed by atoms with E-state index in [0.29, 0.717) is 11.4 Å². The van der Waals surface area contributed by atoms with Crippen LogP contribution in [0.15, 0.2) is 27.6 Å². The average Bonchev–Trinajstić information content (AvgIpc) is 2.30. The van der Waals surface area contributed by atoms with Gasteiger partial charge in [0.1, 0.15) is 0 Å². The number of halogens is 1. The van der Waals surface area contributed by atoms with E-state index >= 15 is 0 Å². The molecule has 6 heteroatoms. The molecule has 1 rings (SSSR count). The summed E-state index contributed by atoms with van der Waals surface area (Å²) in [4.78, 5) is 0.306. The van der Waals surface area contributed by atoms with Gasteiger partial charge in [0.05, 0.1) is 4.90 Å². The Kier molecular flexibility index (Phi) is 5.29. The molecule has 0 unspecified atom stereocenters. The highest BCUT2D eigenvalue weighted by Gasteiger charge is 2.21. The van der Waals surface area contributed by atoms with Crippen LogP contribution >= 0.6 is 27.7 Å². The molecule has 0 atom stereocenters. The molecule has 0 radical (unpaired) electrons. The molecule has 3 nitrogen and oxygen atoms in total. The Morgan fingerprint density at radius 3 is 2.50 bits per heavy atom. The van der Waals surface area contributed by atoms with Crippen molar-refractivity contribution >= 4 is 37.7 Å². The van der Waals surface area contributed by atoms with Gasteiger partial charge in [-0.2, -0.15) is 11.8 Å². The molecule has 0 fully saturated rings. The Hall–Kier alpha value is -0.0400. The van der Waals surface area contributed by atoms with E-state index in [4.69, 9.17) is 0 Å². The molecule has 18 heavy (non-hydrogen) atoms. The molecule has 1 N–H and O–H groups in total. The summed E-state index contributed by atoms with van der Waals surface area (Å²) >= 11 is 4.99. The van der Waals surface area contributed by atoms with Crippen LogP contribution < -0.4 is 4.72 Å². The van der Waals surface area contributed by atoms with Crippen LogP contribution in [0, 0.1) is 6.92 Å². The Morgan fingerprint density at radius 1 is 1.39 bits per heavy atom. The van der Waals surface area contributed by atoms with Crippen molar-refractivity contribution in [1.82, 2.24) is 4.72 Å². The molecule has 0 aromatic heterocycles. The summed E-state index contributed by atoms with van der Waals surface area (Å²) < 4.78 is 27.7. The Bertz CT molecular complexity index is 527. The highest BCUT2D eigenvalue weighted by atomic mass is 79.9. The van der Waals surface area contributed by atoms with E-state index in [1.54, 1.807) is 30.0 Å². The van der Waals surface area contributed by atoms with Gasteiger partial charge in [0.2, 0.25) is 10.0 Å². The molecule has 0 spiro atoms. The van der Waals surface area contributed by atoms with E-state index in [1.165, 1.54) is 0 Å². The number of rotatable bonds is 5. The molecule has 1 aromatic rings. The number of thioether (sulfide) groups is 1. The lowest BCUT2D eigenvalue weighted by Crippen LogP contribution is -2.36. The van der Waals surface area contributed by atoms with E-state index in [2.05, 4.69) is 20.7 Å². The van der Waals surface area contributed by atoms with Crippen LogP contribution in [0.3, 0.4) is 0 Å². The molecular weight excluding hydrogens is 334 g/mol. The summed E-state index contributed by atoms with van der Waals surface area (Å²) in [6.07, 6.45) is 1.97. The molecule has 0 aliphatic rings. The molecular formula is C12H18BrNO2S2. The van der Waals surface area contributed by atoms with E-state index in [1.807, 2.05) is 27.0 Å². The summed E-state index contributed by atoms with van der Waals surface area (Å²) in [5.74, 6) is 0. The molecule has 0 saturated heterocycles. The smallest absolute Gasteiger partial charge is 0.210 e. The minimum absolute atomic E-state index is 0.114. The van der Waals surface area contributed by atoms with Crippen LogP contribution in [0.4, 0.5) is 0 Å². The van der Waals surface area contributed by atoms with E-state index in [9.17, 15) is 8.42 Å². The van der Waals surface area contributed by atoms with Crippen LogP contribution in [0.2, 0.25) is 0 Å². The summed E-state index contributed by atoms with van der Waals surface area (Å²) in [5.41, 5.74) is 0.905. The minimum atomic E-state index is -3.43. The summed E-state index contributed by atoms with van der Waals surface area (Å²) in [6, 6.07) is 5.02. The fraction of sp³-hybridized carbons (Fsp3) is 0.500. The number of hydrogen-bond donors (Lipinski definition) is 1. The average molecular weight is 352 g/mol. The highest BCUT2D eigenvalue weighted by Crippen LogP contribution is 2.22. The van der Waals surface area contributed by atoms with Gasteiger partial charge in [0, 0.05) is 15.8 Å². The summed E-state index contributed by atoms with van der Waals surface area (Å²) in [7, 11) is -3.43. The van der Waals surface area contributed by atoms with Crippen LogP contribution in [0.5, 0.6) is 0 Å². The largest absolute Gasteiger partial charge is 0.240 e. The molecule has 1 aromatic carbocycles. The Labute approximate surface area is 122 Å². The number of benzene rings is 1. The Balaban J connectivity index is 2.90. The monoisotopic (exact) mass is 351 g/mol. The fourth-order valence-corrected chi connectivity index (χ4v) is 3.06. The standard InChI is InChI=1S/C12H18BrNO2S2/c1-9-7-10(5-6-11(9)13)18(15,16)14-8-12(2,3)17-4/h5-7,14H,8H2,1-4H3. The second-order valence-corrected chi connectivity index (χ2v) is 8.83. The fourth-order valence-electron chi connectivity index (χ4n) is 1.21. The van der Waals surface area contributed by atoms with Crippen LogP contribution in [0.1, 0.15) is 19.4 Å². The number of hydrogen-bond acceptors (Lipinski definition) is 3. The third-order valence-electron chi connectivity index (χ3n) is 2.68. The second-order valence-electron chi connectivity index (χ2n) is 4.70. The summed E-state index contributed by atoms with van der Waals surface area (Å²) in [5, 5.41) is 0. The quantitative estimate of drug-likeness (QED) is 0.885. The van der Waals surface area contributed by atoms with Crippen molar-refractivity contribution in [3.63, 3.8) is 0 Å². The zero-order valence-electron chi connectivity index (χ0n) is 11.0. The lowest BCUT2D eigenvalue weighted by molar-refractivity contribution is 0.570. The summed E-state index contributed by atoms with van der Waals surface area (Å²) in [6.45, 7) is 6.29. The molecule has 0 amide bonds. The zero-order chi connectivity index (χ0) is 14.0. The first-order valence-electron chi connectivity index (χ1n) is 5.49. The zero-order valence-corrected chi connectivity index (χ0v) is 14.2. The third-order valence-corrected chi connectivity index (χ3v) is 6.22. The van der Waals surface area contributed by atoms with E-state index < -0.39 is 10.0 Å². The molecule has 0 aliphatic carbocycles. The van der Waals surface area contributed by atoms with Crippen molar-refractivity contribution in [1.29, 1.82) is 0 Å². The first kappa shape index (κ1) is 16.0. The third kappa shape index (κ3) is 4.26. The van der Waals surface area contributed by atoms with Gasteiger partial charge in [-0.25, -0.2) is 13.1 Å². The van der Waals surface area contributed by atoms with Crippen LogP contribution in [-0.4, -0.2) is 26.0 Å². The topological polar surface area (TPSA) is 46.2 Å². The number of aryl methyl sites for hydroxylation is 1. The van der Waals surface area contributed by atoms with Gasteiger partial charge in [-0.05, 0) is 50.8 Å². The SMILES string of the molecule is CSC(C)(C)CNS(=O)(=O)c1ccc(Br)c(C)c1. The van der Waals surface area contributed by atoms with Gasteiger partial charge in [-0.15, -0.1) is 0 Å². The van der Waals surface area contributed by atoms with Gasteiger partial charge >= 0.3 is 0 Å². The van der Waals surface area contributed by atoms with E-state index in [-0.39, 0.29) is 4.75 Å². The van der Waals surface area contributed by atoms with Crippen LogP contribution in [-0.2, 0) is 10.0 Å². The van der Waals surface area contributed by atoms with Gasteiger partial charge in [-0.3, -0.25) is 0 Å². The normalized spacial score (nSPS) is 12.7. The predicted octanol–water partition coefficient (Wildman–Crippen LogP) is 3.18. The van der Waals surface area contributed by atoms with Crippen molar-refractivity contribution in [3.05, 3.63) is 28.2 Å².